The van der Waals surface area contributed by atoms with Gasteiger partial charge in [-0.1, -0.05) is 42.5 Å². The first-order valence-corrected chi connectivity index (χ1v) is 12.5. The molecule has 6 nitrogen and oxygen atoms in total. The molecule has 0 spiro atoms. The lowest BCUT2D eigenvalue weighted by molar-refractivity contribution is -0.147. The van der Waals surface area contributed by atoms with Gasteiger partial charge in [-0.25, -0.2) is 4.39 Å². The normalized spacial score (nSPS) is 26.4. The van der Waals surface area contributed by atoms with Crippen molar-refractivity contribution in [3.05, 3.63) is 71.0 Å². The van der Waals surface area contributed by atoms with Crippen molar-refractivity contribution in [1.82, 2.24) is 4.31 Å². The zero-order valence-electron chi connectivity index (χ0n) is 18.1. The third-order valence-corrected chi connectivity index (χ3v) is 9.37. The number of nitrogens with zero attached hydrogens (tertiary/aromatic N) is 1. The van der Waals surface area contributed by atoms with Gasteiger partial charge in [0.05, 0.1) is 10.7 Å². The van der Waals surface area contributed by atoms with E-state index in [0.717, 1.165) is 12.0 Å². The molecule has 0 aliphatic carbocycles. The molecular weight excluding hydrogens is 433 g/mol. The van der Waals surface area contributed by atoms with Gasteiger partial charge in [0.25, 0.3) is 0 Å². The third kappa shape index (κ3) is 4.18. The molecule has 0 saturated carbocycles. The number of hydrogen-bond acceptors (Lipinski definition) is 5. The number of halogens is 1. The average Bonchev–Trinajstić information content (AvgIpc) is 2.78. The molecule has 3 N–H and O–H groups in total. The summed E-state index contributed by atoms with van der Waals surface area (Å²) in [7, 11) is -3.18. The van der Waals surface area contributed by atoms with E-state index in [1.54, 1.807) is 16.4 Å². The quantitative estimate of drug-likeness (QED) is 0.554. The topological polar surface area (TPSA) is 90.2 Å². The van der Waals surface area contributed by atoms with Crippen molar-refractivity contribution in [3.8, 4) is 0 Å². The monoisotopic (exact) mass is 463 g/mol. The number of hydrogen-bond donors (Lipinski definition) is 3. The van der Waals surface area contributed by atoms with Crippen molar-refractivity contribution in [2.45, 2.75) is 55.9 Å². The van der Waals surface area contributed by atoms with Crippen LogP contribution in [0.25, 0.3) is 0 Å². The van der Waals surface area contributed by atoms with Gasteiger partial charge in [0.1, 0.15) is 5.82 Å². The van der Waals surface area contributed by atoms with E-state index >= 15 is 4.39 Å². The fourth-order valence-corrected chi connectivity index (χ4v) is 7.14. The Hall–Kier alpha value is -1.97. The molecule has 2 aromatic rings. The van der Waals surface area contributed by atoms with E-state index in [1.165, 1.54) is 6.07 Å². The second-order valence-electron chi connectivity index (χ2n) is 8.77. The molecule has 174 valence electrons. The van der Waals surface area contributed by atoms with Gasteiger partial charge in [-0.15, -0.1) is 10.8 Å². The van der Waals surface area contributed by atoms with Gasteiger partial charge in [0, 0.05) is 31.4 Å². The van der Waals surface area contributed by atoms with Crippen LogP contribution in [0.4, 0.5) is 4.39 Å². The van der Waals surface area contributed by atoms with Crippen LogP contribution in [-0.4, -0.2) is 43.7 Å². The Morgan fingerprint density at radius 2 is 1.84 bits per heavy atom. The number of aliphatic carboxylic acids is 1. The minimum Gasteiger partial charge on any atom is -0.481 e. The number of carboxylic acid groups (broad SMARTS) is 1. The Morgan fingerprint density at radius 1 is 1.16 bits per heavy atom. The summed E-state index contributed by atoms with van der Waals surface area (Å²) in [6.07, 6.45) is 2.00. The molecule has 0 aromatic heterocycles. The van der Waals surface area contributed by atoms with E-state index in [2.05, 4.69) is 0 Å². The molecule has 0 amide bonds. The van der Waals surface area contributed by atoms with Crippen LogP contribution in [0.5, 0.6) is 0 Å². The van der Waals surface area contributed by atoms with E-state index in [9.17, 15) is 19.0 Å². The first-order valence-electron chi connectivity index (χ1n) is 10.9. The maximum Gasteiger partial charge on any atom is 0.314 e. The number of ether oxygens (including phenoxy) is 1. The van der Waals surface area contributed by atoms with Gasteiger partial charge in [0.15, 0.2) is 0 Å². The van der Waals surface area contributed by atoms with Gasteiger partial charge < -0.3 is 9.84 Å². The molecule has 2 aliphatic heterocycles. The lowest BCUT2D eigenvalue weighted by Crippen LogP contribution is -2.42. The molecule has 4 rings (SSSR count). The van der Waals surface area contributed by atoms with Crippen LogP contribution in [0.2, 0.25) is 0 Å². The number of benzene rings is 2. The predicted octanol–water partition coefficient (Wildman–Crippen LogP) is 5.35. The summed E-state index contributed by atoms with van der Waals surface area (Å²) in [4.78, 5) is 12.0. The van der Waals surface area contributed by atoms with Crippen molar-refractivity contribution in [1.29, 1.82) is 0 Å². The molecule has 2 aliphatic rings. The summed E-state index contributed by atoms with van der Waals surface area (Å²) in [5.41, 5.74) is 0.456. The van der Waals surface area contributed by atoms with Crippen LogP contribution in [0.15, 0.2) is 48.5 Å². The molecule has 2 saturated heterocycles. The van der Waals surface area contributed by atoms with Gasteiger partial charge >= 0.3 is 5.97 Å². The minimum atomic E-state index is -3.18. The van der Waals surface area contributed by atoms with Gasteiger partial charge in [-0.05, 0) is 49.8 Å². The molecule has 0 unspecified atom stereocenters. The van der Waals surface area contributed by atoms with Crippen molar-refractivity contribution >= 4 is 16.7 Å². The van der Waals surface area contributed by atoms with Crippen molar-refractivity contribution in [2.24, 2.45) is 0 Å². The molecule has 2 aromatic carbocycles. The van der Waals surface area contributed by atoms with Crippen LogP contribution >= 0.6 is 10.8 Å². The Labute approximate surface area is 189 Å². The SMILES string of the molecule is C[C@H]1CC[C@H](c2ccccc2)S(O)(O)N1Cc1ccc(C2(C(=O)O)CCOCC2)cc1F. The summed E-state index contributed by atoms with van der Waals surface area (Å²) >= 11 is 0. The zero-order valence-corrected chi connectivity index (χ0v) is 18.9. The van der Waals surface area contributed by atoms with E-state index in [0.29, 0.717) is 43.6 Å². The Morgan fingerprint density at radius 3 is 2.47 bits per heavy atom. The average molecular weight is 464 g/mol. The standard InChI is InChI=1S/C24H30FNO5S/c1-17-7-10-22(18-5-3-2-4-6-18)32(29,30)26(17)16-19-8-9-20(15-21(19)25)24(23(27)28)11-13-31-14-12-24/h2-6,8-9,15,17,22,29-30H,7,10-14,16H2,1H3,(H,27,28)/t17-,22+/m0/s1. The predicted molar refractivity (Wildman–Crippen MR) is 122 cm³/mol. The third-order valence-electron chi connectivity index (χ3n) is 6.92. The van der Waals surface area contributed by atoms with Crippen LogP contribution in [0.3, 0.4) is 0 Å². The molecule has 8 heteroatoms. The van der Waals surface area contributed by atoms with Gasteiger partial charge in [-0.2, -0.15) is 4.31 Å². The number of rotatable bonds is 5. The van der Waals surface area contributed by atoms with Crippen LogP contribution < -0.4 is 0 Å². The fourth-order valence-electron chi connectivity index (χ4n) is 4.88. The van der Waals surface area contributed by atoms with E-state index in [4.69, 9.17) is 4.74 Å². The van der Waals surface area contributed by atoms with Gasteiger partial charge in [-0.3, -0.25) is 13.9 Å². The highest BCUT2D eigenvalue weighted by atomic mass is 32.3. The Balaban J connectivity index is 1.61. The lowest BCUT2D eigenvalue weighted by atomic mass is 9.74. The largest absolute Gasteiger partial charge is 0.481 e. The van der Waals surface area contributed by atoms with Crippen molar-refractivity contribution in [2.75, 3.05) is 13.2 Å². The Bertz CT molecular complexity index is 964. The second-order valence-corrected chi connectivity index (χ2v) is 10.9. The molecule has 0 radical (unpaired) electrons. The Kier molecular flexibility index (Phi) is 6.61. The molecule has 0 bridgehead atoms. The number of carboxylic acids is 1. The zero-order chi connectivity index (χ0) is 22.9. The van der Waals surface area contributed by atoms with Crippen LogP contribution in [0, 0.1) is 5.82 Å². The molecule has 2 atom stereocenters. The highest BCUT2D eigenvalue weighted by Gasteiger charge is 2.43. The van der Waals surface area contributed by atoms with E-state index in [1.807, 2.05) is 37.3 Å². The highest BCUT2D eigenvalue weighted by molar-refractivity contribution is 8.22. The molecule has 2 fully saturated rings. The molecular formula is C24H30FNO5S. The summed E-state index contributed by atoms with van der Waals surface area (Å²) in [5, 5.41) is 9.42. The summed E-state index contributed by atoms with van der Waals surface area (Å²) in [6, 6.07) is 13.8. The lowest BCUT2D eigenvalue weighted by Gasteiger charge is -2.54. The molecule has 2 heterocycles. The van der Waals surface area contributed by atoms with Crippen LogP contribution in [0.1, 0.15) is 54.5 Å². The summed E-state index contributed by atoms with van der Waals surface area (Å²) < 4.78 is 44.5. The highest BCUT2D eigenvalue weighted by Crippen LogP contribution is 2.63. The first kappa shape index (κ1) is 23.2. The van der Waals surface area contributed by atoms with Crippen molar-refractivity contribution in [3.63, 3.8) is 0 Å². The summed E-state index contributed by atoms with van der Waals surface area (Å²) in [6.45, 7) is 2.61. The second kappa shape index (κ2) is 9.11. The molecule has 32 heavy (non-hydrogen) atoms. The smallest absolute Gasteiger partial charge is 0.314 e. The van der Waals surface area contributed by atoms with Crippen molar-refractivity contribution < 1.29 is 28.1 Å². The van der Waals surface area contributed by atoms with E-state index < -0.39 is 33.2 Å². The van der Waals surface area contributed by atoms with Gasteiger partial charge in [0.2, 0.25) is 0 Å². The fraction of sp³-hybridized carbons (Fsp3) is 0.458. The van der Waals surface area contributed by atoms with E-state index in [-0.39, 0.29) is 12.6 Å². The first-order chi connectivity index (χ1) is 15.3. The summed E-state index contributed by atoms with van der Waals surface area (Å²) in [5.74, 6) is -1.50. The minimum absolute atomic E-state index is 0.0438. The number of carbonyl (C=O) groups is 1. The maximum atomic E-state index is 15.2. The maximum absolute atomic E-state index is 15.2. The van der Waals surface area contributed by atoms with Crippen LogP contribution in [-0.2, 0) is 21.5 Å².